The second kappa shape index (κ2) is 9.07. The summed E-state index contributed by atoms with van der Waals surface area (Å²) in [7, 11) is 3.71. The van der Waals surface area contributed by atoms with Gasteiger partial charge in [-0.1, -0.05) is 0 Å². The fourth-order valence-corrected chi connectivity index (χ4v) is 2.87. The van der Waals surface area contributed by atoms with Gasteiger partial charge in [0.05, 0.1) is 18.5 Å². The van der Waals surface area contributed by atoms with E-state index >= 15 is 0 Å². The third-order valence-corrected chi connectivity index (χ3v) is 4.13. The van der Waals surface area contributed by atoms with Crippen LogP contribution in [0.25, 0.3) is 0 Å². The van der Waals surface area contributed by atoms with E-state index in [-0.39, 0.29) is 30.1 Å². The summed E-state index contributed by atoms with van der Waals surface area (Å²) < 4.78 is 13.1. The summed E-state index contributed by atoms with van der Waals surface area (Å²) in [5, 5.41) is 10.9. The van der Waals surface area contributed by atoms with Crippen LogP contribution in [0.1, 0.15) is 24.0 Å². The van der Waals surface area contributed by atoms with Crippen LogP contribution in [0.15, 0.2) is 40.1 Å². The quantitative estimate of drug-likeness (QED) is 0.419. The molecule has 2 atom stereocenters. The third-order valence-electron chi connectivity index (χ3n) is 4.13. The van der Waals surface area contributed by atoms with Crippen molar-refractivity contribution < 1.29 is 9.15 Å². The highest BCUT2D eigenvalue weighted by Crippen LogP contribution is 2.33. The first-order chi connectivity index (χ1) is 11.3. The Hall–Kier alpha value is -1.55. The van der Waals surface area contributed by atoms with Crippen molar-refractivity contribution in [3.8, 4) is 0 Å². The Kier molecular flexibility index (Phi) is 7.10. The summed E-state index contributed by atoms with van der Waals surface area (Å²) in [5.74, 6) is 2.04. The lowest BCUT2D eigenvalue weighted by Gasteiger charge is -2.20. The molecule has 1 saturated heterocycles. The van der Waals surface area contributed by atoms with Crippen LogP contribution in [-0.2, 0) is 18.3 Å². The van der Waals surface area contributed by atoms with Gasteiger partial charge in [0.25, 0.3) is 0 Å². The molecule has 0 bridgehead atoms. The van der Waals surface area contributed by atoms with Gasteiger partial charge in [-0.2, -0.15) is 5.10 Å². The molecule has 8 heteroatoms. The van der Waals surface area contributed by atoms with E-state index in [0.29, 0.717) is 12.5 Å². The minimum Gasteiger partial charge on any atom is -0.467 e. The zero-order valence-electron chi connectivity index (χ0n) is 13.9. The van der Waals surface area contributed by atoms with E-state index in [4.69, 9.17) is 9.15 Å². The molecule has 0 radical (unpaired) electrons. The standard InChI is InChI=1S/C16H23N5O2.HI/c1-17-16(19-11-13-4-3-8-22-13)18-10-12-6-9-23-15(12)14-5-7-20-21(14)2;/h3-5,7-8,12,15H,6,9-11H2,1-2H3,(H2,17,18,19);1H/t12-,15+;/m0./s1. The molecule has 3 rings (SSSR count). The Bertz CT molecular complexity index is 641. The molecule has 24 heavy (non-hydrogen) atoms. The summed E-state index contributed by atoms with van der Waals surface area (Å²) >= 11 is 0. The van der Waals surface area contributed by atoms with Gasteiger partial charge < -0.3 is 19.8 Å². The minimum absolute atomic E-state index is 0. The molecule has 0 unspecified atom stereocenters. The molecule has 2 aromatic heterocycles. The largest absolute Gasteiger partial charge is 0.467 e. The second-order valence-electron chi connectivity index (χ2n) is 5.61. The number of halogens is 1. The molecule has 1 fully saturated rings. The van der Waals surface area contributed by atoms with E-state index in [0.717, 1.165) is 37.0 Å². The van der Waals surface area contributed by atoms with Crippen molar-refractivity contribution in [1.82, 2.24) is 20.4 Å². The number of nitrogens with one attached hydrogen (secondary N) is 2. The van der Waals surface area contributed by atoms with Crippen LogP contribution in [0.2, 0.25) is 0 Å². The number of hydrogen-bond donors (Lipinski definition) is 2. The zero-order chi connectivity index (χ0) is 16.1. The second-order valence-corrected chi connectivity index (χ2v) is 5.61. The van der Waals surface area contributed by atoms with E-state index in [2.05, 4.69) is 20.7 Å². The topological polar surface area (TPSA) is 76.6 Å². The van der Waals surface area contributed by atoms with Crippen molar-refractivity contribution >= 4 is 29.9 Å². The average molecular weight is 445 g/mol. The summed E-state index contributed by atoms with van der Waals surface area (Å²) in [5.41, 5.74) is 1.12. The first kappa shape index (κ1) is 18.8. The first-order valence-corrected chi connectivity index (χ1v) is 7.84. The molecular formula is C16H24IN5O2. The number of aromatic nitrogens is 2. The van der Waals surface area contributed by atoms with Crippen molar-refractivity contribution in [2.75, 3.05) is 20.2 Å². The number of aryl methyl sites for hydroxylation is 1. The molecule has 3 heterocycles. The van der Waals surface area contributed by atoms with Crippen molar-refractivity contribution in [2.45, 2.75) is 19.1 Å². The van der Waals surface area contributed by atoms with E-state index in [9.17, 15) is 0 Å². The maximum absolute atomic E-state index is 5.90. The Labute approximate surface area is 158 Å². The van der Waals surface area contributed by atoms with Crippen LogP contribution in [0.4, 0.5) is 0 Å². The van der Waals surface area contributed by atoms with E-state index in [1.165, 1.54) is 0 Å². The van der Waals surface area contributed by atoms with Crippen LogP contribution < -0.4 is 10.6 Å². The minimum atomic E-state index is 0. The van der Waals surface area contributed by atoms with E-state index in [1.54, 1.807) is 13.3 Å². The number of nitrogens with zero attached hydrogens (tertiary/aromatic N) is 3. The highest BCUT2D eigenvalue weighted by atomic mass is 127. The molecule has 0 amide bonds. The molecule has 0 spiro atoms. The Morgan fingerprint density at radius 3 is 2.96 bits per heavy atom. The lowest BCUT2D eigenvalue weighted by Crippen LogP contribution is -2.40. The smallest absolute Gasteiger partial charge is 0.191 e. The predicted molar refractivity (Wildman–Crippen MR) is 102 cm³/mol. The number of ether oxygens (including phenoxy) is 1. The van der Waals surface area contributed by atoms with Crippen molar-refractivity contribution in [3.05, 3.63) is 42.1 Å². The summed E-state index contributed by atoms with van der Waals surface area (Å²) in [6.45, 7) is 2.19. The Balaban J connectivity index is 0.00000208. The Morgan fingerprint density at radius 1 is 1.42 bits per heavy atom. The SMILES string of the molecule is CN=C(NCc1ccco1)NC[C@@H]1CCO[C@H]1c1ccnn1C.I. The predicted octanol–water partition coefficient (Wildman–Crippen LogP) is 2.07. The van der Waals surface area contributed by atoms with Gasteiger partial charge in [-0.05, 0) is 24.6 Å². The molecule has 0 aromatic carbocycles. The van der Waals surface area contributed by atoms with Gasteiger partial charge in [-0.25, -0.2) is 0 Å². The van der Waals surface area contributed by atoms with Crippen LogP contribution in [0.5, 0.6) is 0 Å². The van der Waals surface area contributed by atoms with Crippen molar-refractivity contribution in [1.29, 1.82) is 0 Å². The lowest BCUT2D eigenvalue weighted by atomic mass is 9.99. The van der Waals surface area contributed by atoms with Gasteiger partial charge in [-0.3, -0.25) is 9.67 Å². The molecule has 2 N–H and O–H groups in total. The zero-order valence-corrected chi connectivity index (χ0v) is 16.3. The van der Waals surface area contributed by atoms with Crippen molar-refractivity contribution in [2.24, 2.45) is 18.0 Å². The molecule has 7 nitrogen and oxygen atoms in total. The number of guanidine groups is 1. The van der Waals surface area contributed by atoms with Gasteiger partial charge in [-0.15, -0.1) is 24.0 Å². The highest BCUT2D eigenvalue weighted by Gasteiger charge is 2.31. The maximum Gasteiger partial charge on any atom is 0.191 e. The number of furan rings is 1. The molecule has 0 saturated carbocycles. The third kappa shape index (κ3) is 4.50. The van der Waals surface area contributed by atoms with E-state index < -0.39 is 0 Å². The van der Waals surface area contributed by atoms with Crippen LogP contribution in [-0.4, -0.2) is 35.9 Å². The number of hydrogen-bond acceptors (Lipinski definition) is 4. The van der Waals surface area contributed by atoms with Gasteiger partial charge in [0.2, 0.25) is 0 Å². The first-order valence-electron chi connectivity index (χ1n) is 7.84. The van der Waals surface area contributed by atoms with Crippen LogP contribution >= 0.6 is 24.0 Å². The van der Waals surface area contributed by atoms with Crippen LogP contribution in [0.3, 0.4) is 0 Å². The monoisotopic (exact) mass is 445 g/mol. The average Bonchev–Trinajstić information content (AvgIpc) is 3.28. The molecular weight excluding hydrogens is 421 g/mol. The molecule has 1 aliphatic heterocycles. The Morgan fingerprint density at radius 2 is 2.29 bits per heavy atom. The fraction of sp³-hybridized carbons (Fsp3) is 0.500. The van der Waals surface area contributed by atoms with Gasteiger partial charge in [0, 0.05) is 39.4 Å². The molecule has 2 aromatic rings. The summed E-state index contributed by atoms with van der Waals surface area (Å²) in [6, 6.07) is 5.83. The number of aliphatic imine (C=N–C) groups is 1. The summed E-state index contributed by atoms with van der Waals surface area (Å²) in [4.78, 5) is 4.25. The molecule has 0 aliphatic carbocycles. The van der Waals surface area contributed by atoms with Crippen LogP contribution in [0, 0.1) is 5.92 Å². The van der Waals surface area contributed by atoms with Gasteiger partial charge >= 0.3 is 0 Å². The number of rotatable bonds is 5. The summed E-state index contributed by atoms with van der Waals surface area (Å²) in [6.07, 6.45) is 4.59. The van der Waals surface area contributed by atoms with Gasteiger partial charge in [0.15, 0.2) is 5.96 Å². The lowest BCUT2D eigenvalue weighted by molar-refractivity contribution is 0.0848. The normalized spacial score (nSPS) is 20.7. The maximum atomic E-state index is 5.90. The van der Waals surface area contributed by atoms with E-state index in [1.807, 2.05) is 36.1 Å². The molecule has 132 valence electrons. The van der Waals surface area contributed by atoms with Gasteiger partial charge in [0.1, 0.15) is 11.9 Å². The van der Waals surface area contributed by atoms with Crippen molar-refractivity contribution in [3.63, 3.8) is 0 Å². The fourth-order valence-electron chi connectivity index (χ4n) is 2.87. The highest BCUT2D eigenvalue weighted by molar-refractivity contribution is 14.0. The molecule has 1 aliphatic rings.